The van der Waals surface area contributed by atoms with Gasteiger partial charge in [-0.15, -0.1) is 11.3 Å². The van der Waals surface area contributed by atoms with Crippen molar-refractivity contribution < 1.29 is 4.79 Å². The smallest absolute Gasteiger partial charge is 0.249 e. The van der Waals surface area contributed by atoms with E-state index in [1.165, 1.54) is 6.08 Å². The van der Waals surface area contributed by atoms with Gasteiger partial charge in [0.15, 0.2) is 0 Å². The Morgan fingerprint density at radius 1 is 1.28 bits per heavy atom. The maximum atomic E-state index is 12.4. The zero-order valence-electron chi connectivity index (χ0n) is 13.5. The molecule has 4 heterocycles. The number of aromatic nitrogens is 4. The molecule has 0 fully saturated rings. The van der Waals surface area contributed by atoms with Crippen LogP contribution in [0.15, 0.2) is 60.4 Å². The van der Waals surface area contributed by atoms with Crippen LogP contribution in [0.3, 0.4) is 0 Å². The molecule has 0 aromatic carbocycles. The summed E-state index contributed by atoms with van der Waals surface area (Å²) in [5.74, 6) is 0.450. The fourth-order valence-electron chi connectivity index (χ4n) is 2.56. The first-order valence-corrected chi connectivity index (χ1v) is 8.57. The largest absolute Gasteiger partial charge is 0.306 e. The minimum absolute atomic E-state index is 0.215. The molecule has 4 rings (SSSR count). The van der Waals surface area contributed by atoms with Gasteiger partial charge in [-0.2, -0.15) is 5.10 Å². The minimum Gasteiger partial charge on any atom is -0.306 e. The van der Waals surface area contributed by atoms with Crippen molar-refractivity contribution in [2.75, 3.05) is 5.32 Å². The van der Waals surface area contributed by atoms with E-state index in [0.717, 1.165) is 21.8 Å². The zero-order valence-corrected chi connectivity index (χ0v) is 14.3. The van der Waals surface area contributed by atoms with E-state index < -0.39 is 0 Å². The lowest BCUT2D eigenvalue weighted by molar-refractivity contribution is -0.111. The first kappa shape index (κ1) is 15.3. The summed E-state index contributed by atoms with van der Waals surface area (Å²) in [6.07, 6.45) is 8.66. The highest BCUT2D eigenvalue weighted by Gasteiger charge is 2.16. The molecule has 0 bridgehead atoms. The van der Waals surface area contributed by atoms with E-state index in [1.54, 1.807) is 28.3 Å². The van der Waals surface area contributed by atoms with Crippen LogP contribution in [0.5, 0.6) is 0 Å². The molecule has 0 saturated carbocycles. The Kier molecular flexibility index (Phi) is 3.91. The molecule has 0 aliphatic heterocycles. The summed E-state index contributed by atoms with van der Waals surface area (Å²) >= 11 is 1.59. The van der Waals surface area contributed by atoms with E-state index >= 15 is 0 Å². The second-order valence-corrected chi connectivity index (χ2v) is 6.43. The number of hydrogen-bond donors (Lipinski definition) is 1. The third-order valence-electron chi connectivity index (χ3n) is 3.68. The average Bonchev–Trinajstić information content (AvgIpc) is 3.33. The van der Waals surface area contributed by atoms with E-state index in [1.807, 2.05) is 59.6 Å². The topological polar surface area (TPSA) is 64.2 Å². The monoisotopic (exact) mass is 349 g/mol. The Bertz CT molecular complexity index is 1060. The van der Waals surface area contributed by atoms with Crippen molar-refractivity contribution in [1.29, 1.82) is 0 Å². The van der Waals surface area contributed by atoms with Crippen LogP contribution >= 0.6 is 11.3 Å². The van der Waals surface area contributed by atoms with Gasteiger partial charge in [0.05, 0.1) is 11.1 Å². The molecule has 1 amide bonds. The number of nitrogens with zero attached hydrogens (tertiary/aromatic N) is 4. The molecule has 6 nitrogen and oxygen atoms in total. The standard InChI is InChI=1S/C18H15N5OS/c1-22-12-13(11-19-22)7-8-16(24)21-18-17(14-5-4-10-25-14)20-15-6-2-3-9-23(15)18/h2-12H,1H3,(H,21,24)/b8-7+. The van der Waals surface area contributed by atoms with Crippen LogP contribution in [0.2, 0.25) is 0 Å². The second kappa shape index (κ2) is 6.37. The van der Waals surface area contributed by atoms with Gasteiger partial charge >= 0.3 is 0 Å². The Hall–Kier alpha value is -3.19. The van der Waals surface area contributed by atoms with Gasteiger partial charge in [-0.05, 0) is 29.7 Å². The highest BCUT2D eigenvalue weighted by molar-refractivity contribution is 7.13. The van der Waals surface area contributed by atoms with Gasteiger partial charge in [-0.1, -0.05) is 12.1 Å². The molecule has 124 valence electrons. The first-order valence-electron chi connectivity index (χ1n) is 7.69. The van der Waals surface area contributed by atoms with Gasteiger partial charge in [-0.3, -0.25) is 13.9 Å². The summed E-state index contributed by atoms with van der Waals surface area (Å²) in [6, 6.07) is 9.71. The van der Waals surface area contributed by atoms with E-state index in [9.17, 15) is 4.79 Å². The van der Waals surface area contributed by atoms with Gasteiger partial charge in [-0.25, -0.2) is 4.98 Å². The first-order chi connectivity index (χ1) is 12.2. The van der Waals surface area contributed by atoms with Crippen molar-refractivity contribution in [2.45, 2.75) is 0 Å². The van der Waals surface area contributed by atoms with Crippen molar-refractivity contribution in [3.8, 4) is 10.6 Å². The van der Waals surface area contributed by atoms with Gasteiger partial charge in [0, 0.05) is 31.1 Å². The van der Waals surface area contributed by atoms with Crippen molar-refractivity contribution in [1.82, 2.24) is 19.2 Å². The predicted octanol–water partition coefficient (Wildman–Crippen LogP) is 3.45. The maximum absolute atomic E-state index is 12.4. The fraction of sp³-hybridized carbons (Fsp3) is 0.0556. The number of amides is 1. The molecular formula is C18H15N5OS. The molecule has 0 aliphatic rings. The van der Waals surface area contributed by atoms with E-state index in [-0.39, 0.29) is 5.91 Å². The molecule has 4 aromatic heterocycles. The summed E-state index contributed by atoms with van der Waals surface area (Å²) in [4.78, 5) is 18.1. The number of carbonyl (C=O) groups is 1. The van der Waals surface area contributed by atoms with Gasteiger partial charge < -0.3 is 5.32 Å². The number of imidazole rings is 1. The molecule has 7 heteroatoms. The Labute approximate surface area is 148 Å². The molecule has 0 spiro atoms. The number of aryl methyl sites for hydroxylation is 1. The molecule has 4 aromatic rings. The molecule has 0 aliphatic carbocycles. The summed E-state index contributed by atoms with van der Waals surface area (Å²) in [5.41, 5.74) is 2.43. The lowest BCUT2D eigenvalue weighted by Crippen LogP contribution is -2.10. The van der Waals surface area contributed by atoms with Gasteiger partial charge in [0.25, 0.3) is 0 Å². The lowest BCUT2D eigenvalue weighted by Gasteiger charge is -2.04. The lowest BCUT2D eigenvalue weighted by atomic mass is 10.3. The van der Waals surface area contributed by atoms with Crippen molar-refractivity contribution >= 4 is 34.8 Å². The van der Waals surface area contributed by atoms with Crippen LogP contribution in [0, 0.1) is 0 Å². The Morgan fingerprint density at radius 3 is 2.96 bits per heavy atom. The Morgan fingerprint density at radius 2 is 2.20 bits per heavy atom. The zero-order chi connectivity index (χ0) is 17.2. The maximum Gasteiger partial charge on any atom is 0.249 e. The third kappa shape index (κ3) is 3.09. The number of hydrogen-bond acceptors (Lipinski definition) is 4. The minimum atomic E-state index is -0.215. The normalized spacial score (nSPS) is 11.4. The molecule has 1 N–H and O–H groups in total. The van der Waals surface area contributed by atoms with Crippen LogP contribution in [-0.4, -0.2) is 25.1 Å². The van der Waals surface area contributed by atoms with Crippen molar-refractivity contribution in [3.05, 3.63) is 65.9 Å². The molecule has 0 unspecified atom stereocenters. The fourth-order valence-corrected chi connectivity index (χ4v) is 3.27. The van der Waals surface area contributed by atoms with Gasteiger partial charge in [0.2, 0.25) is 5.91 Å². The number of nitrogens with one attached hydrogen (secondary N) is 1. The molecule has 0 radical (unpaired) electrons. The predicted molar refractivity (Wildman–Crippen MR) is 99.4 cm³/mol. The second-order valence-electron chi connectivity index (χ2n) is 5.49. The highest BCUT2D eigenvalue weighted by atomic mass is 32.1. The summed E-state index contributed by atoms with van der Waals surface area (Å²) < 4.78 is 3.57. The van der Waals surface area contributed by atoms with E-state index in [0.29, 0.717) is 5.82 Å². The van der Waals surface area contributed by atoms with Crippen LogP contribution in [0.25, 0.3) is 22.3 Å². The summed E-state index contributed by atoms with van der Waals surface area (Å²) in [7, 11) is 1.84. The van der Waals surface area contributed by atoms with Gasteiger partial charge in [0.1, 0.15) is 17.2 Å². The molecule has 25 heavy (non-hydrogen) atoms. The SMILES string of the molecule is Cn1cc(/C=C/C(=O)Nc2c(-c3cccs3)nc3ccccn23)cn1. The van der Waals surface area contributed by atoms with E-state index in [2.05, 4.69) is 15.4 Å². The van der Waals surface area contributed by atoms with Crippen LogP contribution in [0.1, 0.15) is 5.56 Å². The Balaban J connectivity index is 1.67. The number of thiophene rings is 1. The molecule has 0 atom stereocenters. The van der Waals surface area contributed by atoms with E-state index in [4.69, 9.17) is 0 Å². The number of fused-ring (bicyclic) bond motifs is 1. The summed E-state index contributed by atoms with van der Waals surface area (Å²) in [5, 5.41) is 9.03. The highest BCUT2D eigenvalue weighted by Crippen LogP contribution is 2.31. The van der Waals surface area contributed by atoms with Crippen molar-refractivity contribution in [2.24, 2.45) is 7.05 Å². The average molecular weight is 349 g/mol. The number of rotatable bonds is 4. The molecular weight excluding hydrogens is 334 g/mol. The van der Waals surface area contributed by atoms with Crippen LogP contribution in [-0.2, 0) is 11.8 Å². The number of anilines is 1. The third-order valence-corrected chi connectivity index (χ3v) is 4.55. The number of carbonyl (C=O) groups excluding carboxylic acids is 1. The number of pyridine rings is 1. The van der Waals surface area contributed by atoms with Crippen LogP contribution in [0.4, 0.5) is 5.82 Å². The summed E-state index contributed by atoms with van der Waals surface area (Å²) in [6.45, 7) is 0. The quantitative estimate of drug-likeness (QED) is 0.574. The van der Waals surface area contributed by atoms with Crippen LogP contribution < -0.4 is 5.32 Å². The van der Waals surface area contributed by atoms with Crippen molar-refractivity contribution in [3.63, 3.8) is 0 Å². The molecule has 0 saturated heterocycles.